The van der Waals surface area contributed by atoms with E-state index in [2.05, 4.69) is 4.98 Å². The molecule has 3 aromatic rings. The van der Waals surface area contributed by atoms with Gasteiger partial charge in [0.05, 0.1) is 12.9 Å². The topological polar surface area (TPSA) is 71.6 Å². The number of para-hydroxylation sites is 1. The fourth-order valence-electron chi connectivity index (χ4n) is 4.21. The lowest BCUT2D eigenvalue weighted by molar-refractivity contribution is -0.116. The molecule has 0 spiro atoms. The van der Waals surface area contributed by atoms with Crippen molar-refractivity contribution in [2.45, 2.75) is 52.1 Å². The number of aromatic nitrogens is 2. The number of imidazole rings is 1. The van der Waals surface area contributed by atoms with Crippen molar-refractivity contribution in [2.24, 2.45) is 0 Å². The molecule has 32 heavy (non-hydrogen) atoms. The van der Waals surface area contributed by atoms with E-state index < -0.39 is 0 Å². The van der Waals surface area contributed by atoms with Gasteiger partial charge >= 0.3 is 0 Å². The molecule has 1 aliphatic heterocycles. The molecule has 7 nitrogen and oxygen atoms in total. The Morgan fingerprint density at radius 1 is 1.00 bits per heavy atom. The SMILES string of the molecule is CC(=O)N1CCCCCCCN(C(=O)c2ccc(Cn3ccnc3)o2)Cc2ccccc21. The fourth-order valence-corrected chi connectivity index (χ4v) is 4.21. The highest BCUT2D eigenvalue weighted by molar-refractivity contribution is 5.93. The number of hydrogen-bond donors (Lipinski definition) is 0. The van der Waals surface area contributed by atoms with Gasteiger partial charge in [-0.05, 0) is 36.6 Å². The van der Waals surface area contributed by atoms with Gasteiger partial charge in [0.2, 0.25) is 5.91 Å². The minimum atomic E-state index is -0.122. The summed E-state index contributed by atoms with van der Waals surface area (Å²) in [4.78, 5) is 33.5. The first-order valence-electron chi connectivity index (χ1n) is 11.3. The lowest BCUT2D eigenvalue weighted by Crippen LogP contribution is -2.34. The average molecular weight is 435 g/mol. The number of furan rings is 1. The first-order valence-corrected chi connectivity index (χ1v) is 11.3. The smallest absolute Gasteiger partial charge is 0.289 e. The van der Waals surface area contributed by atoms with Crippen molar-refractivity contribution in [1.29, 1.82) is 0 Å². The van der Waals surface area contributed by atoms with Gasteiger partial charge < -0.3 is 18.8 Å². The summed E-state index contributed by atoms with van der Waals surface area (Å²) < 4.78 is 7.79. The van der Waals surface area contributed by atoms with Gasteiger partial charge in [0, 0.05) is 44.6 Å². The van der Waals surface area contributed by atoms with Gasteiger partial charge in [-0.3, -0.25) is 9.59 Å². The molecule has 0 atom stereocenters. The predicted molar refractivity (Wildman–Crippen MR) is 122 cm³/mol. The van der Waals surface area contributed by atoms with E-state index >= 15 is 0 Å². The summed E-state index contributed by atoms with van der Waals surface area (Å²) in [6, 6.07) is 11.5. The van der Waals surface area contributed by atoms with E-state index in [0.29, 0.717) is 37.7 Å². The quantitative estimate of drug-likeness (QED) is 0.609. The monoisotopic (exact) mass is 434 g/mol. The van der Waals surface area contributed by atoms with E-state index in [-0.39, 0.29) is 11.8 Å². The van der Waals surface area contributed by atoms with Crippen LogP contribution in [0.5, 0.6) is 0 Å². The molecule has 0 saturated heterocycles. The lowest BCUT2D eigenvalue weighted by Gasteiger charge is -2.28. The van der Waals surface area contributed by atoms with Crippen molar-refractivity contribution < 1.29 is 14.0 Å². The number of anilines is 1. The normalized spacial score (nSPS) is 15.5. The Hall–Kier alpha value is -3.35. The molecule has 1 aromatic carbocycles. The summed E-state index contributed by atoms with van der Waals surface area (Å²) in [7, 11) is 0. The Morgan fingerprint density at radius 2 is 1.78 bits per heavy atom. The van der Waals surface area contributed by atoms with Crippen LogP contribution in [0.1, 0.15) is 60.9 Å². The van der Waals surface area contributed by atoms with Crippen molar-refractivity contribution in [3.8, 4) is 0 Å². The molecule has 1 aliphatic rings. The number of carbonyl (C=O) groups is 2. The molecule has 0 bridgehead atoms. The molecular formula is C25H30N4O3. The third-order valence-corrected chi connectivity index (χ3v) is 5.89. The first-order chi connectivity index (χ1) is 15.6. The summed E-state index contributed by atoms with van der Waals surface area (Å²) in [5.41, 5.74) is 1.86. The maximum atomic E-state index is 13.4. The number of carbonyl (C=O) groups excluding carboxylic acids is 2. The van der Waals surface area contributed by atoms with Crippen LogP contribution in [0.3, 0.4) is 0 Å². The van der Waals surface area contributed by atoms with E-state index in [4.69, 9.17) is 4.42 Å². The number of benzene rings is 1. The Kier molecular flexibility index (Phi) is 7.04. The summed E-state index contributed by atoms with van der Waals surface area (Å²) in [6.07, 6.45) is 10.5. The molecule has 3 heterocycles. The second-order valence-electron chi connectivity index (χ2n) is 8.29. The molecule has 0 saturated carbocycles. The second-order valence-corrected chi connectivity index (χ2v) is 8.29. The van der Waals surface area contributed by atoms with Crippen molar-refractivity contribution in [3.05, 3.63) is 72.2 Å². The Balaban J connectivity index is 1.58. The molecule has 2 amide bonds. The molecule has 0 unspecified atom stereocenters. The Labute approximate surface area is 188 Å². The minimum absolute atomic E-state index is 0.0302. The van der Waals surface area contributed by atoms with Crippen LogP contribution < -0.4 is 4.90 Å². The molecule has 0 N–H and O–H groups in total. The number of rotatable bonds is 3. The molecule has 0 aliphatic carbocycles. The van der Waals surface area contributed by atoms with Gasteiger partial charge in [-0.15, -0.1) is 0 Å². The summed E-state index contributed by atoms with van der Waals surface area (Å²) in [5.74, 6) is 0.961. The summed E-state index contributed by atoms with van der Waals surface area (Å²) in [5, 5.41) is 0. The molecule has 0 radical (unpaired) electrons. The zero-order valence-electron chi connectivity index (χ0n) is 18.6. The Morgan fingerprint density at radius 3 is 2.56 bits per heavy atom. The lowest BCUT2D eigenvalue weighted by atomic mass is 10.1. The molecular weight excluding hydrogens is 404 g/mol. The van der Waals surface area contributed by atoms with Crippen LogP contribution in [-0.4, -0.2) is 39.4 Å². The predicted octanol–water partition coefficient (Wildman–Crippen LogP) is 4.48. The second kappa shape index (κ2) is 10.3. The fraction of sp³-hybridized carbons (Fsp3) is 0.400. The third kappa shape index (κ3) is 5.28. The Bertz CT molecular complexity index is 1040. The van der Waals surface area contributed by atoms with E-state index in [1.165, 1.54) is 0 Å². The van der Waals surface area contributed by atoms with Crippen LogP contribution in [0.15, 0.2) is 59.5 Å². The first kappa shape index (κ1) is 21.9. The highest BCUT2D eigenvalue weighted by atomic mass is 16.4. The maximum absolute atomic E-state index is 13.4. The number of amides is 2. The molecule has 4 rings (SSSR count). The van der Waals surface area contributed by atoms with Gasteiger partial charge in [0.1, 0.15) is 5.76 Å². The van der Waals surface area contributed by atoms with Crippen molar-refractivity contribution >= 4 is 17.5 Å². The van der Waals surface area contributed by atoms with E-state index in [1.54, 1.807) is 25.5 Å². The highest BCUT2D eigenvalue weighted by Crippen LogP contribution is 2.25. The van der Waals surface area contributed by atoms with Gasteiger partial charge in [0.15, 0.2) is 5.76 Å². The van der Waals surface area contributed by atoms with Crippen LogP contribution in [0, 0.1) is 0 Å². The molecule has 7 heteroatoms. The number of nitrogens with zero attached hydrogens (tertiary/aromatic N) is 4. The van der Waals surface area contributed by atoms with Crippen molar-refractivity contribution in [1.82, 2.24) is 14.5 Å². The van der Waals surface area contributed by atoms with Crippen LogP contribution >= 0.6 is 0 Å². The third-order valence-electron chi connectivity index (χ3n) is 5.89. The summed E-state index contributed by atoms with van der Waals surface area (Å²) in [6.45, 7) is 3.94. The zero-order chi connectivity index (χ0) is 22.3. The van der Waals surface area contributed by atoms with Gasteiger partial charge in [-0.2, -0.15) is 0 Å². The summed E-state index contributed by atoms with van der Waals surface area (Å²) >= 11 is 0. The highest BCUT2D eigenvalue weighted by Gasteiger charge is 2.23. The van der Waals surface area contributed by atoms with Crippen LogP contribution in [0.4, 0.5) is 5.69 Å². The largest absolute Gasteiger partial charge is 0.454 e. The van der Waals surface area contributed by atoms with Crippen LogP contribution in [0.25, 0.3) is 0 Å². The number of hydrogen-bond acceptors (Lipinski definition) is 4. The standard InChI is InChI=1S/C25H30N4O3/c1-20(30)29-15-8-4-2-3-7-14-28(17-21-9-5-6-10-23(21)29)25(31)24-12-11-22(32-24)18-27-16-13-26-19-27/h5-6,9-13,16,19H,2-4,7-8,14-15,17-18H2,1H3. The van der Waals surface area contributed by atoms with E-state index in [9.17, 15) is 9.59 Å². The number of fused-ring (bicyclic) bond motifs is 1. The van der Waals surface area contributed by atoms with Crippen molar-refractivity contribution in [2.75, 3.05) is 18.0 Å². The molecule has 168 valence electrons. The average Bonchev–Trinajstić information content (AvgIpc) is 3.46. The van der Waals surface area contributed by atoms with Gasteiger partial charge in [-0.25, -0.2) is 4.98 Å². The molecule has 2 aromatic heterocycles. The van der Waals surface area contributed by atoms with Gasteiger partial charge in [0.25, 0.3) is 5.91 Å². The maximum Gasteiger partial charge on any atom is 0.289 e. The van der Waals surface area contributed by atoms with Crippen molar-refractivity contribution in [3.63, 3.8) is 0 Å². The van der Waals surface area contributed by atoms with E-state index in [1.807, 2.05) is 50.9 Å². The van der Waals surface area contributed by atoms with E-state index in [0.717, 1.165) is 43.4 Å². The van der Waals surface area contributed by atoms with Crippen LogP contribution in [0.2, 0.25) is 0 Å². The van der Waals surface area contributed by atoms with Crippen LogP contribution in [-0.2, 0) is 17.9 Å². The minimum Gasteiger partial charge on any atom is -0.454 e. The van der Waals surface area contributed by atoms with Gasteiger partial charge in [-0.1, -0.05) is 37.5 Å². The molecule has 0 fully saturated rings. The zero-order valence-corrected chi connectivity index (χ0v) is 18.6.